The molecule has 0 aliphatic rings. The molecule has 0 fully saturated rings. The fourth-order valence-corrected chi connectivity index (χ4v) is 3.10. The van der Waals surface area contributed by atoms with Crippen molar-refractivity contribution in [1.82, 2.24) is 5.32 Å². The molecule has 0 saturated carbocycles. The van der Waals surface area contributed by atoms with Crippen LogP contribution in [0.5, 0.6) is 0 Å². The summed E-state index contributed by atoms with van der Waals surface area (Å²) in [7, 11) is 0. The predicted octanol–water partition coefficient (Wildman–Crippen LogP) is 4.30. The summed E-state index contributed by atoms with van der Waals surface area (Å²) in [5.74, 6) is -1.58. The number of ether oxygens (including phenoxy) is 2. The molecule has 0 spiro atoms. The Bertz CT molecular complexity index is 749. The van der Waals surface area contributed by atoms with Crippen LogP contribution in [0.2, 0.25) is 5.02 Å². The van der Waals surface area contributed by atoms with E-state index in [2.05, 4.69) is 5.32 Å². The third-order valence-corrected chi connectivity index (χ3v) is 4.53. The van der Waals surface area contributed by atoms with E-state index in [-0.39, 0.29) is 19.6 Å². The molecule has 150 valence electrons. The van der Waals surface area contributed by atoms with Gasteiger partial charge in [-0.15, -0.1) is 0 Å². The average Bonchev–Trinajstić information content (AvgIpc) is 2.69. The Hall–Kier alpha value is -2.37. The van der Waals surface area contributed by atoms with Gasteiger partial charge >= 0.3 is 11.9 Å². The minimum Gasteiger partial charge on any atom is -0.466 e. The minimum atomic E-state index is -0.719. The van der Waals surface area contributed by atoms with Gasteiger partial charge in [-0.3, -0.25) is 9.59 Å². The lowest BCUT2D eigenvalue weighted by molar-refractivity contribution is -0.156. The predicted molar refractivity (Wildman–Crippen MR) is 109 cm³/mol. The maximum atomic E-state index is 12.7. The molecule has 1 N–H and O–H groups in total. The van der Waals surface area contributed by atoms with E-state index >= 15 is 0 Å². The lowest BCUT2D eigenvalue weighted by Crippen LogP contribution is -2.35. The van der Waals surface area contributed by atoms with Crippen LogP contribution >= 0.6 is 11.6 Å². The summed E-state index contributed by atoms with van der Waals surface area (Å²) in [6, 6.07) is 16.6. The van der Waals surface area contributed by atoms with Gasteiger partial charge in [-0.25, -0.2) is 0 Å². The van der Waals surface area contributed by atoms with Crippen molar-refractivity contribution in [2.45, 2.75) is 32.9 Å². The molecule has 6 heteroatoms. The van der Waals surface area contributed by atoms with Gasteiger partial charge in [-0.1, -0.05) is 54.1 Å². The fraction of sp³-hybridized carbons (Fsp3) is 0.364. The molecule has 2 unspecified atom stereocenters. The Morgan fingerprint density at radius 2 is 1.61 bits per heavy atom. The van der Waals surface area contributed by atoms with Gasteiger partial charge < -0.3 is 14.8 Å². The zero-order valence-corrected chi connectivity index (χ0v) is 16.9. The molecule has 28 heavy (non-hydrogen) atoms. The lowest BCUT2D eigenvalue weighted by atomic mass is 9.90. The maximum Gasteiger partial charge on any atom is 0.311 e. The maximum absolute atomic E-state index is 12.7. The summed E-state index contributed by atoms with van der Waals surface area (Å²) in [5.41, 5.74) is 1.92. The first-order valence-corrected chi connectivity index (χ1v) is 9.78. The summed E-state index contributed by atoms with van der Waals surface area (Å²) in [6.07, 6.45) is -0.0677. The third kappa shape index (κ3) is 6.66. The number of carbonyl (C=O) groups is 2. The summed E-state index contributed by atoms with van der Waals surface area (Å²) in [5, 5.41) is 4.01. The van der Waals surface area contributed by atoms with Crippen LogP contribution in [-0.2, 0) is 25.6 Å². The lowest BCUT2D eigenvalue weighted by Gasteiger charge is -2.27. The van der Waals surface area contributed by atoms with Crippen LogP contribution in [0.4, 0.5) is 0 Å². The SMILES string of the molecule is CCOC(=O)CC(C(=O)OCC)C(NCc1ccccc1)c1ccc(Cl)cc1. The van der Waals surface area contributed by atoms with Crippen molar-refractivity contribution in [1.29, 1.82) is 0 Å². The number of hydrogen-bond donors (Lipinski definition) is 1. The van der Waals surface area contributed by atoms with Gasteiger partial charge in [-0.2, -0.15) is 0 Å². The average molecular weight is 404 g/mol. The standard InChI is InChI=1S/C22H26ClNO4/c1-3-27-20(25)14-19(22(26)28-4-2)21(17-10-12-18(23)13-11-17)24-15-16-8-6-5-7-9-16/h5-13,19,21,24H,3-4,14-15H2,1-2H3. The van der Waals surface area contributed by atoms with Crippen LogP contribution in [-0.4, -0.2) is 25.2 Å². The highest BCUT2D eigenvalue weighted by molar-refractivity contribution is 6.30. The molecule has 0 saturated heterocycles. The van der Waals surface area contributed by atoms with E-state index in [1.807, 2.05) is 42.5 Å². The second kappa shape index (κ2) is 11.5. The Balaban J connectivity index is 2.31. The van der Waals surface area contributed by atoms with Crippen LogP contribution < -0.4 is 5.32 Å². The second-order valence-electron chi connectivity index (χ2n) is 6.26. The van der Waals surface area contributed by atoms with Gasteiger partial charge in [0, 0.05) is 17.6 Å². The minimum absolute atomic E-state index is 0.0677. The highest BCUT2D eigenvalue weighted by Gasteiger charge is 2.33. The Labute approximate surface area is 171 Å². The number of hydrogen-bond acceptors (Lipinski definition) is 5. The van der Waals surface area contributed by atoms with E-state index in [1.54, 1.807) is 26.0 Å². The highest BCUT2D eigenvalue weighted by atomic mass is 35.5. The van der Waals surface area contributed by atoms with Gasteiger partial charge in [0.2, 0.25) is 0 Å². The summed E-state index contributed by atoms with van der Waals surface area (Å²) in [6.45, 7) is 4.52. The number of rotatable bonds is 10. The molecule has 5 nitrogen and oxygen atoms in total. The van der Waals surface area contributed by atoms with E-state index in [0.717, 1.165) is 11.1 Å². The molecular formula is C22H26ClNO4. The Morgan fingerprint density at radius 1 is 0.964 bits per heavy atom. The van der Waals surface area contributed by atoms with E-state index in [0.29, 0.717) is 11.6 Å². The van der Waals surface area contributed by atoms with Crippen molar-refractivity contribution in [3.8, 4) is 0 Å². The molecule has 0 bridgehead atoms. The van der Waals surface area contributed by atoms with Crippen LogP contribution in [0.25, 0.3) is 0 Å². The quantitative estimate of drug-likeness (QED) is 0.599. The molecule has 0 amide bonds. The van der Waals surface area contributed by atoms with Gasteiger partial charge in [0.15, 0.2) is 0 Å². The number of carbonyl (C=O) groups excluding carboxylic acids is 2. The molecule has 0 heterocycles. The zero-order chi connectivity index (χ0) is 20.4. The van der Waals surface area contributed by atoms with Crippen LogP contribution in [0.15, 0.2) is 54.6 Å². The largest absolute Gasteiger partial charge is 0.466 e. The monoisotopic (exact) mass is 403 g/mol. The Kier molecular flexibility index (Phi) is 8.98. The first-order valence-electron chi connectivity index (χ1n) is 9.40. The number of nitrogens with one attached hydrogen (secondary N) is 1. The summed E-state index contributed by atoms with van der Waals surface area (Å²) < 4.78 is 10.3. The number of halogens is 1. The first kappa shape index (κ1) is 21.9. The number of esters is 2. The van der Waals surface area contributed by atoms with Crippen molar-refractivity contribution in [3.63, 3.8) is 0 Å². The highest BCUT2D eigenvalue weighted by Crippen LogP contribution is 2.28. The fourth-order valence-electron chi connectivity index (χ4n) is 2.97. The second-order valence-corrected chi connectivity index (χ2v) is 6.70. The van der Waals surface area contributed by atoms with Gasteiger partial charge in [-0.05, 0) is 37.1 Å². The van der Waals surface area contributed by atoms with E-state index in [4.69, 9.17) is 21.1 Å². The van der Waals surface area contributed by atoms with Crippen molar-refractivity contribution >= 4 is 23.5 Å². The van der Waals surface area contributed by atoms with Crippen molar-refractivity contribution < 1.29 is 19.1 Å². The third-order valence-electron chi connectivity index (χ3n) is 4.28. The molecule has 2 aromatic carbocycles. The summed E-state index contributed by atoms with van der Waals surface area (Å²) >= 11 is 6.02. The van der Waals surface area contributed by atoms with Crippen LogP contribution in [0.3, 0.4) is 0 Å². The van der Waals surface area contributed by atoms with Gasteiger partial charge in [0.1, 0.15) is 0 Å². The van der Waals surface area contributed by atoms with Crippen LogP contribution in [0.1, 0.15) is 37.4 Å². The molecule has 2 atom stereocenters. The van der Waals surface area contributed by atoms with Gasteiger partial charge in [0.05, 0.1) is 25.6 Å². The molecular weight excluding hydrogens is 378 g/mol. The molecule has 0 aliphatic heterocycles. The molecule has 2 aromatic rings. The Morgan fingerprint density at radius 3 is 2.21 bits per heavy atom. The van der Waals surface area contributed by atoms with Crippen molar-refractivity contribution in [3.05, 3.63) is 70.7 Å². The van der Waals surface area contributed by atoms with E-state index < -0.39 is 23.9 Å². The van der Waals surface area contributed by atoms with Crippen molar-refractivity contribution in [2.24, 2.45) is 5.92 Å². The zero-order valence-electron chi connectivity index (χ0n) is 16.2. The molecule has 0 radical (unpaired) electrons. The molecule has 2 rings (SSSR count). The summed E-state index contributed by atoms with van der Waals surface area (Å²) in [4.78, 5) is 24.8. The smallest absolute Gasteiger partial charge is 0.311 e. The molecule has 0 aliphatic carbocycles. The number of benzene rings is 2. The van der Waals surface area contributed by atoms with E-state index in [1.165, 1.54) is 0 Å². The normalized spacial score (nSPS) is 12.8. The van der Waals surface area contributed by atoms with E-state index in [9.17, 15) is 9.59 Å². The van der Waals surface area contributed by atoms with Gasteiger partial charge in [0.25, 0.3) is 0 Å². The van der Waals surface area contributed by atoms with Crippen molar-refractivity contribution in [2.75, 3.05) is 13.2 Å². The van der Waals surface area contributed by atoms with Crippen LogP contribution in [0, 0.1) is 5.92 Å². The molecule has 0 aromatic heterocycles. The first-order chi connectivity index (χ1) is 13.5. The topological polar surface area (TPSA) is 64.6 Å².